The molecule has 28 heavy (non-hydrogen) atoms. The van der Waals surface area contributed by atoms with Crippen molar-refractivity contribution in [1.29, 1.82) is 0 Å². The average Bonchev–Trinajstić information content (AvgIpc) is 3.34. The van der Waals surface area contributed by atoms with Gasteiger partial charge in [0.2, 0.25) is 0 Å². The van der Waals surface area contributed by atoms with E-state index in [1.807, 2.05) is 36.4 Å². The second kappa shape index (κ2) is 7.88. The van der Waals surface area contributed by atoms with E-state index in [9.17, 15) is 4.79 Å². The molecule has 0 atom stereocenters. The molecule has 0 spiro atoms. The fraction of sp³-hybridized carbons (Fsp3) is 0.0500. The Kier molecular flexibility index (Phi) is 5.14. The van der Waals surface area contributed by atoms with E-state index >= 15 is 0 Å². The first-order chi connectivity index (χ1) is 13.6. The highest BCUT2D eigenvalue weighted by Gasteiger charge is 2.12. The molecular weight excluding hydrogens is 397 g/mol. The van der Waals surface area contributed by atoms with Gasteiger partial charge < -0.3 is 5.32 Å². The van der Waals surface area contributed by atoms with Gasteiger partial charge >= 0.3 is 0 Å². The molecule has 2 heterocycles. The molecule has 0 unspecified atom stereocenters. The SMILES string of the molecule is O=C(Nc1cnn(Cc2ccccc2Cl)c1)c1cc(-c2ccc(Cl)cc2)n[nH]1. The van der Waals surface area contributed by atoms with E-state index in [0.29, 0.717) is 33.7 Å². The first-order valence-corrected chi connectivity index (χ1v) is 9.22. The van der Waals surface area contributed by atoms with Crippen molar-refractivity contribution in [2.24, 2.45) is 0 Å². The number of amides is 1. The Morgan fingerprint density at radius 3 is 2.68 bits per heavy atom. The lowest BCUT2D eigenvalue weighted by atomic mass is 10.1. The van der Waals surface area contributed by atoms with Crippen LogP contribution in [0.5, 0.6) is 0 Å². The Balaban J connectivity index is 1.44. The first kappa shape index (κ1) is 18.3. The zero-order chi connectivity index (χ0) is 19.5. The third-order valence-corrected chi connectivity index (χ3v) is 4.76. The monoisotopic (exact) mass is 411 g/mol. The number of nitrogens with one attached hydrogen (secondary N) is 2. The Labute approximate surface area is 171 Å². The Morgan fingerprint density at radius 2 is 1.89 bits per heavy atom. The van der Waals surface area contributed by atoms with Gasteiger partial charge in [0.1, 0.15) is 5.69 Å². The van der Waals surface area contributed by atoms with Crippen molar-refractivity contribution >= 4 is 34.8 Å². The van der Waals surface area contributed by atoms with Gasteiger partial charge in [0, 0.05) is 21.8 Å². The standard InChI is InChI=1S/C20H15Cl2N5O/c21-15-7-5-13(6-8-15)18-9-19(26-25-18)20(28)24-16-10-23-27(12-16)11-14-3-1-2-4-17(14)22/h1-10,12H,11H2,(H,24,28)(H,25,26). The Bertz CT molecular complexity index is 1120. The summed E-state index contributed by atoms with van der Waals surface area (Å²) in [6.07, 6.45) is 3.34. The van der Waals surface area contributed by atoms with Crippen LogP contribution in [-0.4, -0.2) is 25.9 Å². The maximum absolute atomic E-state index is 12.5. The lowest BCUT2D eigenvalue weighted by Gasteiger charge is -2.04. The van der Waals surface area contributed by atoms with Crippen molar-refractivity contribution in [3.63, 3.8) is 0 Å². The maximum Gasteiger partial charge on any atom is 0.273 e. The molecule has 0 saturated heterocycles. The lowest BCUT2D eigenvalue weighted by Crippen LogP contribution is -2.11. The molecule has 0 aliphatic carbocycles. The number of nitrogens with zero attached hydrogens (tertiary/aromatic N) is 3. The molecule has 140 valence electrons. The summed E-state index contributed by atoms with van der Waals surface area (Å²) in [4.78, 5) is 12.5. The first-order valence-electron chi connectivity index (χ1n) is 8.47. The minimum absolute atomic E-state index is 0.301. The van der Waals surface area contributed by atoms with E-state index in [0.717, 1.165) is 11.1 Å². The molecule has 2 aromatic heterocycles. The summed E-state index contributed by atoms with van der Waals surface area (Å²) in [7, 11) is 0. The fourth-order valence-corrected chi connectivity index (χ4v) is 3.04. The third kappa shape index (κ3) is 4.08. The summed E-state index contributed by atoms with van der Waals surface area (Å²) in [5.74, 6) is -0.301. The van der Waals surface area contributed by atoms with Crippen molar-refractivity contribution < 1.29 is 4.79 Å². The molecule has 4 aromatic rings. The van der Waals surface area contributed by atoms with Gasteiger partial charge in [-0.15, -0.1) is 0 Å². The fourth-order valence-electron chi connectivity index (χ4n) is 2.72. The molecular formula is C20H15Cl2N5O. The molecule has 2 aromatic carbocycles. The van der Waals surface area contributed by atoms with Crippen molar-refractivity contribution in [2.75, 3.05) is 5.32 Å². The highest BCUT2D eigenvalue weighted by molar-refractivity contribution is 6.31. The van der Waals surface area contributed by atoms with Gasteiger partial charge in [0.25, 0.3) is 5.91 Å². The predicted octanol–water partition coefficient (Wildman–Crippen LogP) is 4.88. The van der Waals surface area contributed by atoms with Crippen LogP contribution in [0, 0.1) is 0 Å². The van der Waals surface area contributed by atoms with E-state index < -0.39 is 0 Å². The third-order valence-electron chi connectivity index (χ3n) is 4.14. The smallest absolute Gasteiger partial charge is 0.273 e. The number of benzene rings is 2. The van der Waals surface area contributed by atoms with E-state index in [4.69, 9.17) is 23.2 Å². The van der Waals surface area contributed by atoms with Crippen molar-refractivity contribution in [3.8, 4) is 11.3 Å². The quantitative estimate of drug-likeness (QED) is 0.491. The second-order valence-corrected chi connectivity index (χ2v) is 6.99. The summed E-state index contributed by atoms with van der Waals surface area (Å²) < 4.78 is 1.71. The summed E-state index contributed by atoms with van der Waals surface area (Å²) in [6, 6.07) is 16.5. The number of aromatic nitrogens is 4. The molecule has 0 aliphatic rings. The molecule has 0 radical (unpaired) electrons. The van der Waals surface area contributed by atoms with Crippen LogP contribution in [0.4, 0.5) is 5.69 Å². The number of anilines is 1. The van der Waals surface area contributed by atoms with Gasteiger partial charge in [-0.3, -0.25) is 14.6 Å². The molecule has 6 nitrogen and oxygen atoms in total. The molecule has 4 rings (SSSR count). The number of carbonyl (C=O) groups excluding carboxylic acids is 1. The predicted molar refractivity (Wildman–Crippen MR) is 110 cm³/mol. The van der Waals surface area contributed by atoms with Crippen LogP contribution in [0.2, 0.25) is 10.0 Å². The minimum atomic E-state index is -0.301. The van der Waals surface area contributed by atoms with Gasteiger partial charge in [0.05, 0.1) is 24.1 Å². The number of hydrogen-bond acceptors (Lipinski definition) is 3. The lowest BCUT2D eigenvalue weighted by molar-refractivity contribution is 0.102. The van der Waals surface area contributed by atoms with Gasteiger partial charge in [0.15, 0.2) is 0 Å². The summed E-state index contributed by atoms with van der Waals surface area (Å²) in [5, 5.41) is 15.3. The van der Waals surface area contributed by atoms with Crippen molar-refractivity contribution in [2.45, 2.75) is 6.54 Å². The van der Waals surface area contributed by atoms with E-state index in [2.05, 4.69) is 20.6 Å². The van der Waals surface area contributed by atoms with Crippen LogP contribution in [0.3, 0.4) is 0 Å². The number of rotatable bonds is 5. The van der Waals surface area contributed by atoms with E-state index in [1.54, 1.807) is 35.3 Å². The molecule has 1 amide bonds. The zero-order valence-corrected chi connectivity index (χ0v) is 16.1. The summed E-state index contributed by atoms with van der Waals surface area (Å²) >= 11 is 12.1. The molecule has 0 saturated carbocycles. The van der Waals surface area contributed by atoms with Gasteiger partial charge in [-0.05, 0) is 29.8 Å². The highest BCUT2D eigenvalue weighted by Crippen LogP contribution is 2.21. The molecule has 0 fully saturated rings. The highest BCUT2D eigenvalue weighted by atomic mass is 35.5. The Morgan fingerprint density at radius 1 is 1.11 bits per heavy atom. The normalized spacial score (nSPS) is 10.8. The van der Waals surface area contributed by atoms with Crippen molar-refractivity contribution in [3.05, 3.63) is 88.3 Å². The van der Waals surface area contributed by atoms with E-state index in [-0.39, 0.29) is 5.91 Å². The molecule has 8 heteroatoms. The van der Waals surface area contributed by atoms with E-state index in [1.165, 1.54) is 0 Å². The van der Waals surface area contributed by atoms with Gasteiger partial charge in [-0.1, -0.05) is 53.5 Å². The second-order valence-electron chi connectivity index (χ2n) is 6.15. The van der Waals surface area contributed by atoms with Crippen molar-refractivity contribution in [1.82, 2.24) is 20.0 Å². The number of aromatic amines is 1. The minimum Gasteiger partial charge on any atom is -0.318 e. The average molecular weight is 412 g/mol. The van der Waals surface area contributed by atoms with Gasteiger partial charge in [-0.25, -0.2) is 0 Å². The van der Waals surface area contributed by atoms with Crippen LogP contribution < -0.4 is 5.32 Å². The topological polar surface area (TPSA) is 75.6 Å². The zero-order valence-electron chi connectivity index (χ0n) is 14.6. The summed E-state index contributed by atoms with van der Waals surface area (Å²) in [6.45, 7) is 0.514. The number of H-pyrrole nitrogens is 1. The molecule has 0 aliphatic heterocycles. The van der Waals surface area contributed by atoms with Crippen LogP contribution in [0.15, 0.2) is 67.0 Å². The van der Waals surface area contributed by atoms with Crippen LogP contribution >= 0.6 is 23.2 Å². The van der Waals surface area contributed by atoms with Gasteiger partial charge in [-0.2, -0.15) is 10.2 Å². The molecule has 0 bridgehead atoms. The largest absolute Gasteiger partial charge is 0.318 e. The summed E-state index contributed by atoms with van der Waals surface area (Å²) in [5.41, 5.74) is 3.42. The van der Waals surface area contributed by atoms with Crippen LogP contribution in [0.25, 0.3) is 11.3 Å². The van der Waals surface area contributed by atoms with Crippen LogP contribution in [0.1, 0.15) is 16.1 Å². The molecule has 2 N–H and O–H groups in total. The number of carbonyl (C=O) groups is 1. The van der Waals surface area contributed by atoms with Crippen LogP contribution in [-0.2, 0) is 6.54 Å². The Hall–Kier alpha value is -3.09. The maximum atomic E-state index is 12.5. The number of hydrogen-bond donors (Lipinski definition) is 2. The number of halogens is 2.